The third kappa shape index (κ3) is 1.74. The third-order valence-corrected chi connectivity index (χ3v) is 2.31. The number of benzene rings is 1. The number of nitrogens with zero attached hydrogens (tertiary/aromatic N) is 1. The highest BCUT2D eigenvalue weighted by molar-refractivity contribution is 5.63. The van der Waals surface area contributed by atoms with Crippen molar-refractivity contribution in [2.75, 3.05) is 5.73 Å². The Kier molecular flexibility index (Phi) is 2.56. The number of aromatic nitrogens is 1. The highest BCUT2D eigenvalue weighted by Gasteiger charge is 2.14. The fourth-order valence-corrected chi connectivity index (χ4v) is 1.48. The minimum atomic E-state index is -0.638. The lowest BCUT2D eigenvalue weighted by Crippen LogP contribution is -1.97. The summed E-state index contributed by atoms with van der Waals surface area (Å²) in [4.78, 5) is 3.90. The van der Waals surface area contributed by atoms with Crippen LogP contribution in [-0.4, -0.2) is 4.98 Å². The minimum Gasteiger partial charge on any atom is -0.384 e. The summed E-state index contributed by atoms with van der Waals surface area (Å²) in [6.45, 7) is 1.57. The van der Waals surface area contributed by atoms with Crippen LogP contribution in [0.2, 0.25) is 0 Å². The van der Waals surface area contributed by atoms with Crippen molar-refractivity contribution in [2.24, 2.45) is 0 Å². The van der Waals surface area contributed by atoms with Crippen LogP contribution in [0.1, 0.15) is 5.56 Å². The third-order valence-electron chi connectivity index (χ3n) is 2.31. The molecule has 16 heavy (non-hydrogen) atoms. The average molecular weight is 220 g/mol. The summed E-state index contributed by atoms with van der Waals surface area (Å²) in [5.41, 5.74) is 5.93. The number of pyridine rings is 1. The van der Waals surface area contributed by atoms with Gasteiger partial charge in [0.25, 0.3) is 0 Å². The van der Waals surface area contributed by atoms with Crippen LogP contribution >= 0.6 is 0 Å². The molecule has 0 fully saturated rings. The first-order chi connectivity index (χ1) is 7.59. The molecule has 4 heteroatoms. The minimum absolute atomic E-state index is 0.132. The largest absolute Gasteiger partial charge is 0.384 e. The lowest BCUT2D eigenvalue weighted by atomic mass is 10.1. The zero-order chi connectivity index (χ0) is 11.7. The number of rotatable bonds is 1. The van der Waals surface area contributed by atoms with Gasteiger partial charge in [0.05, 0.1) is 11.3 Å². The molecule has 0 unspecified atom stereocenters. The van der Waals surface area contributed by atoms with Gasteiger partial charge >= 0.3 is 0 Å². The van der Waals surface area contributed by atoms with E-state index in [1.807, 2.05) is 0 Å². The molecule has 0 bridgehead atoms. The Bertz CT molecular complexity index is 539. The summed E-state index contributed by atoms with van der Waals surface area (Å²) >= 11 is 0. The smallest absolute Gasteiger partial charge is 0.138 e. The molecule has 2 rings (SSSR count). The van der Waals surface area contributed by atoms with Crippen molar-refractivity contribution < 1.29 is 8.78 Å². The van der Waals surface area contributed by atoms with Gasteiger partial charge in [-0.05, 0) is 30.7 Å². The van der Waals surface area contributed by atoms with E-state index in [0.717, 1.165) is 0 Å². The number of hydrogen-bond donors (Lipinski definition) is 1. The molecule has 0 aliphatic rings. The molecule has 2 nitrogen and oxygen atoms in total. The van der Waals surface area contributed by atoms with Crippen LogP contribution in [0.15, 0.2) is 30.3 Å². The van der Waals surface area contributed by atoms with Gasteiger partial charge < -0.3 is 5.73 Å². The molecule has 2 N–H and O–H groups in total. The normalized spacial score (nSPS) is 10.4. The van der Waals surface area contributed by atoms with Crippen LogP contribution < -0.4 is 5.73 Å². The topological polar surface area (TPSA) is 38.9 Å². The van der Waals surface area contributed by atoms with E-state index in [4.69, 9.17) is 5.73 Å². The van der Waals surface area contributed by atoms with Crippen molar-refractivity contribution in [2.45, 2.75) is 6.92 Å². The van der Waals surface area contributed by atoms with E-state index in [9.17, 15) is 8.78 Å². The summed E-state index contributed by atoms with van der Waals surface area (Å²) in [7, 11) is 0. The maximum absolute atomic E-state index is 13.8. The molecule has 0 amide bonds. The van der Waals surface area contributed by atoms with Crippen molar-refractivity contribution in [1.82, 2.24) is 4.98 Å². The predicted octanol–water partition coefficient (Wildman–Crippen LogP) is 2.92. The second kappa shape index (κ2) is 3.89. The van der Waals surface area contributed by atoms with E-state index in [1.54, 1.807) is 19.1 Å². The van der Waals surface area contributed by atoms with Crippen LogP contribution in [-0.2, 0) is 0 Å². The second-order valence-corrected chi connectivity index (χ2v) is 3.50. The first kappa shape index (κ1) is 10.5. The van der Waals surface area contributed by atoms with Crippen molar-refractivity contribution in [1.29, 1.82) is 0 Å². The fourth-order valence-electron chi connectivity index (χ4n) is 1.48. The van der Waals surface area contributed by atoms with Gasteiger partial charge in [-0.15, -0.1) is 0 Å². The van der Waals surface area contributed by atoms with E-state index >= 15 is 0 Å². The SMILES string of the molecule is Cc1ccc(F)c(-c2cccc(N)n2)c1F. The molecule has 2 aromatic rings. The predicted molar refractivity (Wildman–Crippen MR) is 58.7 cm³/mol. The molecule has 0 aliphatic heterocycles. The van der Waals surface area contributed by atoms with Gasteiger partial charge in [-0.3, -0.25) is 0 Å². The van der Waals surface area contributed by atoms with Crippen molar-refractivity contribution >= 4 is 5.82 Å². The highest BCUT2D eigenvalue weighted by atomic mass is 19.1. The fraction of sp³-hybridized carbons (Fsp3) is 0.0833. The molecule has 1 aromatic carbocycles. The summed E-state index contributed by atoms with van der Waals surface area (Å²) in [6, 6.07) is 7.31. The Hall–Kier alpha value is -1.97. The number of nitrogen functional groups attached to an aromatic ring is 1. The lowest BCUT2D eigenvalue weighted by molar-refractivity contribution is 0.583. The highest BCUT2D eigenvalue weighted by Crippen LogP contribution is 2.26. The average Bonchev–Trinajstić information content (AvgIpc) is 2.24. The van der Waals surface area contributed by atoms with Gasteiger partial charge in [0, 0.05) is 0 Å². The Morgan fingerprint density at radius 2 is 1.88 bits per heavy atom. The summed E-state index contributed by atoms with van der Waals surface area (Å²) in [6.07, 6.45) is 0. The standard InChI is InChI=1S/C12H10F2N2/c1-7-5-6-8(13)11(12(7)14)9-3-2-4-10(15)16-9/h2-6H,1H3,(H2,15,16). The first-order valence-corrected chi connectivity index (χ1v) is 4.77. The molecule has 1 heterocycles. The molecule has 0 radical (unpaired) electrons. The Morgan fingerprint density at radius 3 is 2.56 bits per heavy atom. The van der Waals surface area contributed by atoms with Gasteiger partial charge in [-0.1, -0.05) is 12.1 Å². The number of halogens is 2. The lowest BCUT2D eigenvalue weighted by Gasteiger charge is -2.07. The van der Waals surface area contributed by atoms with Gasteiger partial charge in [0.1, 0.15) is 17.5 Å². The van der Waals surface area contributed by atoms with Gasteiger partial charge in [-0.2, -0.15) is 0 Å². The van der Waals surface area contributed by atoms with Crippen LogP contribution in [0, 0.1) is 18.6 Å². The number of aryl methyl sites for hydroxylation is 1. The summed E-state index contributed by atoms with van der Waals surface area (Å²) < 4.78 is 27.3. The maximum Gasteiger partial charge on any atom is 0.138 e. The molecular weight excluding hydrogens is 210 g/mol. The van der Waals surface area contributed by atoms with Crippen molar-refractivity contribution in [3.05, 3.63) is 47.5 Å². The number of nitrogens with two attached hydrogens (primary N) is 1. The van der Waals surface area contributed by atoms with Gasteiger partial charge in [0.15, 0.2) is 0 Å². The number of anilines is 1. The van der Waals surface area contributed by atoms with Crippen LogP contribution in [0.5, 0.6) is 0 Å². The van der Waals surface area contributed by atoms with Gasteiger partial charge in [0.2, 0.25) is 0 Å². The zero-order valence-corrected chi connectivity index (χ0v) is 8.67. The molecular formula is C12H10F2N2. The Morgan fingerprint density at radius 1 is 1.12 bits per heavy atom. The maximum atomic E-state index is 13.8. The molecule has 0 spiro atoms. The van der Waals surface area contributed by atoms with E-state index in [1.165, 1.54) is 18.2 Å². The molecule has 0 saturated carbocycles. The van der Waals surface area contributed by atoms with E-state index in [2.05, 4.69) is 4.98 Å². The zero-order valence-electron chi connectivity index (χ0n) is 8.67. The second-order valence-electron chi connectivity index (χ2n) is 3.50. The van der Waals surface area contributed by atoms with Crippen molar-refractivity contribution in [3.8, 4) is 11.3 Å². The van der Waals surface area contributed by atoms with Crippen molar-refractivity contribution in [3.63, 3.8) is 0 Å². The van der Waals surface area contributed by atoms with E-state index < -0.39 is 11.6 Å². The molecule has 0 aliphatic carbocycles. The quantitative estimate of drug-likeness (QED) is 0.802. The monoisotopic (exact) mass is 220 g/mol. The summed E-state index contributed by atoms with van der Waals surface area (Å²) in [5.74, 6) is -1.00. The first-order valence-electron chi connectivity index (χ1n) is 4.77. The number of hydrogen-bond acceptors (Lipinski definition) is 2. The van der Waals surface area contributed by atoms with Crippen LogP contribution in [0.4, 0.5) is 14.6 Å². The molecule has 0 saturated heterocycles. The van der Waals surface area contributed by atoms with E-state index in [-0.39, 0.29) is 17.1 Å². The van der Waals surface area contributed by atoms with E-state index in [0.29, 0.717) is 5.56 Å². The molecule has 0 atom stereocenters. The molecule has 1 aromatic heterocycles. The molecule has 82 valence electrons. The van der Waals surface area contributed by atoms with Crippen LogP contribution in [0.3, 0.4) is 0 Å². The summed E-state index contributed by atoms with van der Waals surface area (Å²) in [5, 5.41) is 0. The van der Waals surface area contributed by atoms with Crippen LogP contribution in [0.25, 0.3) is 11.3 Å². The Labute approximate surface area is 91.7 Å². The van der Waals surface area contributed by atoms with Gasteiger partial charge in [-0.25, -0.2) is 13.8 Å². The Balaban J connectivity index is 2.68.